The van der Waals surface area contributed by atoms with E-state index in [2.05, 4.69) is 4.98 Å². The number of nitrogens with zero attached hydrogens (tertiary/aromatic N) is 2. The van der Waals surface area contributed by atoms with E-state index in [9.17, 15) is 4.79 Å². The van der Waals surface area contributed by atoms with Crippen LogP contribution in [0.15, 0.2) is 42.6 Å². The van der Waals surface area contributed by atoms with E-state index in [0.717, 1.165) is 24.1 Å². The van der Waals surface area contributed by atoms with Gasteiger partial charge in [-0.2, -0.15) is 0 Å². The van der Waals surface area contributed by atoms with Gasteiger partial charge in [0.2, 0.25) is 5.88 Å². The van der Waals surface area contributed by atoms with Crippen molar-refractivity contribution in [3.05, 3.63) is 53.7 Å². The summed E-state index contributed by atoms with van der Waals surface area (Å²) in [7, 11) is 0. The molecule has 4 heteroatoms. The number of ether oxygens (including phenoxy) is 1. The minimum absolute atomic E-state index is 0.0227. The summed E-state index contributed by atoms with van der Waals surface area (Å²) >= 11 is 0. The van der Waals surface area contributed by atoms with Gasteiger partial charge in [-0.3, -0.25) is 4.79 Å². The van der Waals surface area contributed by atoms with E-state index < -0.39 is 0 Å². The molecular weight excluding hydrogens is 300 g/mol. The zero-order valence-electron chi connectivity index (χ0n) is 14.4. The van der Waals surface area contributed by atoms with E-state index >= 15 is 0 Å². The topological polar surface area (TPSA) is 42.4 Å². The molecule has 24 heavy (non-hydrogen) atoms. The first kappa shape index (κ1) is 16.5. The quantitative estimate of drug-likeness (QED) is 0.820. The Balaban J connectivity index is 1.81. The summed E-state index contributed by atoms with van der Waals surface area (Å²) in [6, 6.07) is 11.5. The molecule has 1 fully saturated rings. The third-order valence-electron chi connectivity index (χ3n) is 4.54. The molecule has 0 aliphatic heterocycles. The van der Waals surface area contributed by atoms with E-state index in [0.29, 0.717) is 18.0 Å². The number of aryl methyl sites for hydroxylation is 1. The van der Waals surface area contributed by atoms with Gasteiger partial charge < -0.3 is 9.64 Å². The lowest BCUT2D eigenvalue weighted by atomic mass is 10.1. The second-order valence-electron chi connectivity index (χ2n) is 6.24. The van der Waals surface area contributed by atoms with E-state index in [4.69, 9.17) is 4.74 Å². The summed E-state index contributed by atoms with van der Waals surface area (Å²) in [4.78, 5) is 19.0. The summed E-state index contributed by atoms with van der Waals surface area (Å²) in [5.74, 6) is 0.527. The number of para-hydroxylation sites is 1. The van der Waals surface area contributed by atoms with Gasteiger partial charge in [0.15, 0.2) is 0 Å². The van der Waals surface area contributed by atoms with Crippen LogP contribution in [0.3, 0.4) is 0 Å². The van der Waals surface area contributed by atoms with Crippen molar-refractivity contribution in [2.24, 2.45) is 0 Å². The third kappa shape index (κ3) is 3.58. The van der Waals surface area contributed by atoms with Gasteiger partial charge >= 0.3 is 0 Å². The minimum Gasteiger partial charge on any atom is -0.474 e. The molecule has 0 atom stereocenters. The van der Waals surface area contributed by atoms with Gasteiger partial charge in [-0.15, -0.1) is 0 Å². The van der Waals surface area contributed by atoms with Crippen LogP contribution >= 0.6 is 0 Å². The predicted molar refractivity (Wildman–Crippen MR) is 95.7 cm³/mol. The summed E-state index contributed by atoms with van der Waals surface area (Å²) < 4.78 is 5.93. The lowest BCUT2D eigenvalue weighted by molar-refractivity contribution is 0.0987. The van der Waals surface area contributed by atoms with Crippen LogP contribution in [-0.4, -0.2) is 23.5 Å². The Bertz CT molecular complexity index is 708. The number of amides is 1. The maximum absolute atomic E-state index is 13.0. The van der Waals surface area contributed by atoms with E-state index in [1.165, 1.54) is 12.8 Å². The van der Waals surface area contributed by atoms with Gasteiger partial charge in [0.1, 0.15) is 6.10 Å². The molecule has 1 saturated carbocycles. The van der Waals surface area contributed by atoms with Crippen molar-refractivity contribution in [1.82, 2.24) is 4.98 Å². The average Bonchev–Trinajstić information content (AvgIpc) is 3.10. The van der Waals surface area contributed by atoms with E-state index in [1.54, 1.807) is 23.2 Å². The van der Waals surface area contributed by atoms with Crippen molar-refractivity contribution in [2.45, 2.75) is 45.6 Å². The fourth-order valence-electron chi connectivity index (χ4n) is 3.23. The zero-order chi connectivity index (χ0) is 16.9. The first-order valence-corrected chi connectivity index (χ1v) is 8.69. The van der Waals surface area contributed by atoms with Crippen molar-refractivity contribution in [3.63, 3.8) is 0 Å². The number of hydrogen-bond donors (Lipinski definition) is 0. The molecule has 1 aliphatic carbocycles. The van der Waals surface area contributed by atoms with Crippen molar-refractivity contribution in [1.29, 1.82) is 0 Å². The Kier molecular flexibility index (Phi) is 5.14. The Morgan fingerprint density at radius 1 is 1.25 bits per heavy atom. The SMILES string of the molecule is CCN(C(=O)c1ccnc(OC2CCCC2)c1)c1ccccc1C. The smallest absolute Gasteiger partial charge is 0.258 e. The van der Waals surface area contributed by atoms with Crippen LogP contribution in [-0.2, 0) is 0 Å². The third-order valence-corrected chi connectivity index (χ3v) is 4.54. The van der Waals surface area contributed by atoms with Crippen molar-refractivity contribution >= 4 is 11.6 Å². The average molecular weight is 324 g/mol. The lowest BCUT2D eigenvalue weighted by Crippen LogP contribution is -2.31. The molecule has 3 rings (SSSR count). The second kappa shape index (κ2) is 7.47. The van der Waals surface area contributed by atoms with Gasteiger partial charge in [-0.1, -0.05) is 18.2 Å². The van der Waals surface area contributed by atoms with Crippen molar-refractivity contribution in [3.8, 4) is 5.88 Å². The molecular formula is C20H24N2O2. The highest BCUT2D eigenvalue weighted by Gasteiger charge is 2.20. The molecule has 0 saturated heterocycles. The predicted octanol–water partition coefficient (Wildman–Crippen LogP) is 4.38. The molecule has 1 amide bonds. The van der Waals surface area contributed by atoms with Crippen LogP contribution < -0.4 is 9.64 Å². The highest BCUT2D eigenvalue weighted by atomic mass is 16.5. The molecule has 4 nitrogen and oxygen atoms in total. The normalized spacial score (nSPS) is 14.6. The van der Waals surface area contributed by atoms with Gasteiger partial charge in [0.05, 0.1) is 0 Å². The lowest BCUT2D eigenvalue weighted by Gasteiger charge is -2.23. The maximum atomic E-state index is 13.0. The number of hydrogen-bond acceptors (Lipinski definition) is 3. The number of carbonyl (C=O) groups is 1. The number of aromatic nitrogens is 1. The van der Waals surface area contributed by atoms with Gasteiger partial charge in [-0.05, 0) is 57.2 Å². The van der Waals surface area contributed by atoms with Crippen LogP contribution in [0.5, 0.6) is 5.88 Å². The zero-order valence-corrected chi connectivity index (χ0v) is 14.4. The van der Waals surface area contributed by atoms with E-state index in [-0.39, 0.29) is 12.0 Å². The monoisotopic (exact) mass is 324 g/mol. The summed E-state index contributed by atoms with van der Waals surface area (Å²) in [5, 5.41) is 0. The molecule has 1 aromatic heterocycles. The van der Waals surface area contributed by atoms with Crippen LogP contribution in [0.25, 0.3) is 0 Å². The maximum Gasteiger partial charge on any atom is 0.258 e. The van der Waals surface area contributed by atoms with E-state index in [1.807, 2.05) is 38.1 Å². The van der Waals surface area contributed by atoms with Crippen molar-refractivity contribution < 1.29 is 9.53 Å². The molecule has 0 unspecified atom stereocenters. The Morgan fingerprint density at radius 3 is 2.71 bits per heavy atom. The molecule has 2 aromatic rings. The van der Waals surface area contributed by atoms with Gasteiger partial charge in [0.25, 0.3) is 5.91 Å². The van der Waals surface area contributed by atoms with Crippen molar-refractivity contribution in [2.75, 3.05) is 11.4 Å². The van der Waals surface area contributed by atoms with Crippen LogP contribution in [0.1, 0.15) is 48.5 Å². The Morgan fingerprint density at radius 2 is 2.00 bits per heavy atom. The summed E-state index contributed by atoms with van der Waals surface area (Å²) in [6.07, 6.45) is 6.46. The minimum atomic E-state index is -0.0227. The highest BCUT2D eigenvalue weighted by molar-refractivity contribution is 6.06. The first-order chi connectivity index (χ1) is 11.7. The van der Waals surface area contributed by atoms with Crippen LogP contribution in [0.4, 0.5) is 5.69 Å². The highest BCUT2D eigenvalue weighted by Crippen LogP contribution is 2.25. The summed E-state index contributed by atoms with van der Waals surface area (Å²) in [5.41, 5.74) is 2.65. The van der Waals surface area contributed by atoms with Gasteiger partial charge in [-0.25, -0.2) is 4.98 Å². The fraction of sp³-hybridized carbons (Fsp3) is 0.400. The standard InChI is InChI=1S/C20H24N2O2/c1-3-22(18-11-7-4-8-15(18)2)20(23)16-12-13-21-19(14-16)24-17-9-5-6-10-17/h4,7-8,11-14,17H,3,5-6,9-10H2,1-2H3. The van der Waals surface area contributed by atoms with Crippen LogP contribution in [0, 0.1) is 6.92 Å². The molecule has 0 spiro atoms. The number of benzene rings is 1. The molecule has 1 heterocycles. The molecule has 1 aromatic carbocycles. The molecule has 0 bridgehead atoms. The fourth-order valence-corrected chi connectivity index (χ4v) is 3.23. The number of rotatable bonds is 5. The molecule has 1 aliphatic rings. The Hall–Kier alpha value is -2.36. The summed E-state index contributed by atoms with van der Waals surface area (Å²) in [6.45, 7) is 4.62. The first-order valence-electron chi connectivity index (χ1n) is 8.69. The number of carbonyl (C=O) groups excluding carboxylic acids is 1. The number of pyridine rings is 1. The molecule has 0 N–H and O–H groups in total. The van der Waals surface area contributed by atoms with Crippen LogP contribution in [0.2, 0.25) is 0 Å². The largest absolute Gasteiger partial charge is 0.474 e. The Labute approximate surface area is 143 Å². The molecule has 126 valence electrons. The number of anilines is 1. The molecule has 0 radical (unpaired) electrons. The second-order valence-corrected chi connectivity index (χ2v) is 6.24. The van der Waals surface area contributed by atoms with Gasteiger partial charge in [0, 0.05) is 30.1 Å².